The van der Waals surface area contributed by atoms with Crippen LogP contribution in [0.1, 0.15) is 20.8 Å². The molecular formula is C10H16BrN3O. The number of nitrogens with zero attached hydrogens (tertiary/aromatic N) is 1. The molecule has 0 saturated carbocycles. The van der Waals surface area contributed by atoms with Crippen molar-refractivity contribution in [2.45, 2.75) is 20.8 Å². The number of rotatable bonds is 4. The zero-order chi connectivity index (χ0) is 11.4. The highest BCUT2D eigenvalue weighted by molar-refractivity contribution is 9.10. The highest BCUT2D eigenvalue weighted by Crippen LogP contribution is 2.17. The number of halogens is 1. The highest BCUT2D eigenvalue weighted by atomic mass is 79.9. The fourth-order valence-corrected chi connectivity index (χ4v) is 1.34. The SMILES string of the molecule is CC(C)C(C)CNc1cn[nH]c(=O)c1Br. The molecule has 2 N–H and O–H groups in total. The van der Waals surface area contributed by atoms with Gasteiger partial charge in [-0.15, -0.1) is 0 Å². The van der Waals surface area contributed by atoms with Crippen LogP contribution in [-0.4, -0.2) is 16.7 Å². The number of hydrogen-bond donors (Lipinski definition) is 2. The molecule has 1 atom stereocenters. The van der Waals surface area contributed by atoms with E-state index in [0.29, 0.717) is 16.3 Å². The first-order valence-electron chi connectivity index (χ1n) is 4.99. The summed E-state index contributed by atoms with van der Waals surface area (Å²) < 4.78 is 0.508. The smallest absolute Gasteiger partial charge is 0.280 e. The lowest BCUT2D eigenvalue weighted by atomic mass is 9.98. The van der Waals surface area contributed by atoms with E-state index in [1.165, 1.54) is 0 Å². The lowest BCUT2D eigenvalue weighted by molar-refractivity contribution is 0.439. The van der Waals surface area contributed by atoms with E-state index in [4.69, 9.17) is 0 Å². The minimum Gasteiger partial charge on any atom is -0.382 e. The molecule has 1 aromatic rings. The predicted molar refractivity (Wildman–Crippen MR) is 65.0 cm³/mol. The van der Waals surface area contributed by atoms with E-state index in [1.54, 1.807) is 6.20 Å². The summed E-state index contributed by atoms with van der Waals surface area (Å²) in [6.45, 7) is 7.36. The molecule has 1 heterocycles. The van der Waals surface area contributed by atoms with Crippen LogP contribution in [0.25, 0.3) is 0 Å². The maximum atomic E-state index is 11.2. The Kier molecular flexibility index (Phi) is 4.32. The number of aromatic nitrogens is 2. The maximum Gasteiger partial charge on any atom is 0.280 e. The molecule has 1 rings (SSSR count). The summed E-state index contributed by atoms with van der Waals surface area (Å²) in [7, 11) is 0. The predicted octanol–water partition coefficient (Wildman–Crippen LogP) is 2.24. The molecule has 5 heteroatoms. The number of aromatic amines is 1. The zero-order valence-electron chi connectivity index (χ0n) is 9.17. The zero-order valence-corrected chi connectivity index (χ0v) is 10.8. The van der Waals surface area contributed by atoms with Crippen molar-refractivity contribution in [1.82, 2.24) is 10.2 Å². The quantitative estimate of drug-likeness (QED) is 0.885. The van der Waals surface area contributed by atoms with Gasteiger partial charge in [0.2, 0.25) is 0 Å². The van der Waals surface area contributed by atoms with Crippen LogP contribution >= 0.6 is 15.9 Å². The van der Waals surface area contributed by atoms with Gasteiger partial charge in [-0.05, 0) is 27.8 Å². The Labute approximate surface area is 97.6 Å². The van der Waals surface area contributed by atoms with E-state index in [2.05, 4.69) is 52.2 Å². The van der Waals surface area contributed by atoms with Gasteiger partial charge in [-0.2, -0.15) is 5.10 Å². The largest absolute Gasteiger partial charge is 0.382 e. The summed E-state index contributed by atoms with van der Waals surface area (Å²) >= 11 is 3.22. The van der Waals surface area contributed by atoms with Gasteiger partial charge in [0.15, 0.2) is 0 Å². The Hall–Kier alpha value is -0.840. The summed E-state index contributed by atoms with van der Waals surface area (Å²) in [4.78, 5) is 11.2. The van der Waals surface area contributed by atoms with Crippen molar-refractivity contribution in [3.8, 4) is 0 Å². The maximum absolute atomic E-state index is 11.2. The third kappa shape index (κ3) is 3.34. The second kappa shape index (κ2) is 5.30. The normalized spacial score (nSPS) is 12.9. The van der Waals surface area contributed by atoms with E-state index >= 15 is 0 Å². The van der Waals surface area contributed by atoms with Gasteiger partial charge in [-0.3, -0.25) is 4.79 Å². The Morgan fingerprint density at radius 3 is 2.80 bits per heavy atom. The summed E-state index contributed by atoms with van der Waals surface area (Å²) in [6, 6.07) is 0. The second-order valence-electron chi connectivity index (χ2n) is 4.03. The summed E-state index contributed by atoms with van der Waals surface area (Å²) in [5.41, 5.74) is 0.531. The van der Waals surface area contributed by atoms with Gasteiger partial charge in [0.05, 0.1) is 11.9 Å². The highest BCUT2D eigenvalue weighted by Gasteiger charge is 2.09. The molecular weight excluding hydrogens is 258 g/mol. The first-order chi connectivity index (χ1) is 7.02. The van der Waals surface area contributed by atoms with Crippen LogP contribution in [0.4, 0.5) is 5.69 Å². The van der Waals surface area contributed by atoms with Gasteiger partial charge in [-0.25, -0.2) is 5.10 Å². The molecule has 15 heavy (non-hydrogen) atoms. The van der Waals surface area contributed by atoms with E-state index in [1.807, 2.05) is 0 Å². The van der Waals surface area contributed by atoms with Gasteiger partial charge >= 0.3 is 0 Å². The molecule has 1 aromatic heterocycles. The van der Waals surface area contributed by atoms with Crippen LogP contribution in [0.2, 0.25) is 0 Å². The van der Waals surface area contributed by atoms with Gasteiger partial charge in [0, 0.05) is 6.54 Å². The molecule has 0 fully saturated rings. The van der Waals surface area contributed by atoms with Gasteiger partial charge in [-0.1, -0.05) is 20.8 Å². The fourth-order valence-electron chi connectivity index (χ4n) is 1.01. The molecule has 0 aromatic carbocycles. The van der Waals surface area contributed by atoms with Crippen LogP contribution in [0.5, 0.6) is 0 Å². The van der Waals surface area contributed by atoms with E-state index in [0.717, 1.165) is 12.2 Å². The lowest BCUT2D eigenvalue weighted by Gasteiger charge is -2.16. The number of anilines is 1. The van der Waals surface area contributed by atoms with Crippen LogP contribution in [0.3, 0.4) is 0 Å². The monoisotopic (exact) mass is 273 g/mol. The van der Waals surface area contributed by atoms with Crippen molar-refractivity contribution >= 4 is 21.6 Å². The molecule has 0 aliphatic heterocycles. The van der Waals surface area contributed by atoms with E-state index in [9.17, 15) is 4.79 Å². The Balaban J connectivity index is 2.66. The average molecular weight is 274 g/mol. The molecule has 0 spiro atoms. The third-order valence-corrected chi connectivity index (χ3v) is 3.34. The topological polar surface area (TPSA) is 57.8 Å². The number of hydrogen-bond acceptors (Lipinski definition) is 3. The van der Waals surface area contributed by atoms with Crippen molar-refractivity contribution in [3.63, 3.8) is 0 Å². The summed E-state index contributed by atoms with van der Waals surface area (Å²) in [5, 5.41) is 9.30. The van der Waals surface area contributed by atoms with Crippen molar-refractivity contribution in [2.75, 3.05) is 11.9 Å². The van der Waals surface area contributed by atoms with Crippen molar-refractivity contribution in [3.05, 3.63) is 21.0 Å². The third-order valence-electron chi connectivity index (χ3n) is 2.55. The van der Waals surface area contributed by atoms with Gasteiger partial charge in [0.1, 0.15) is 4.47 Å². The molecule has 84 valence electrons. The van der Waals surface area contributed by atoms with Crippen LogP contribution < -0.4 is 10.9 Å². The van der Waals surface area contributed by atoms with Gasteiger partial charge in [0.25, 0.3) is 5.56 Å². The van der Waals surface area contributed by atoms with Crippen LogP contribution in [0.15, 0.2) is 15.5 Å². The summed E-state index contributed by atoms with van der Waals surface area (Å²) in [6.07, 6.45) is 1.61. The van der Waals surface area contributed by atoms with E-state index in [-0.39, 0.29) is 5.56 Å². The Morgan fingerprint density at radius 2 is 2.20 bits per heavy atom. The van der Waals surface area contributed by atoms with Crippen LogP contribution in [0, 0.1) is 11.8 Å². The Morgan fingerprint density at radius 1 is 1.53 bits per heavy atom. The van der Waals surface area contributed by atoms with Gasteiger partial charge < -0.3 is 5.32 Å². The molecule has 0 saturated heterocycles. The molecule has 4 nitrogen and oxygen atoms in total. The minimum atomic E-state index is -0.211. The molecule has 0 aliphatic carbocycles. The molecule has 0 radical (unpaired) electrons. The van der Waals surface area contributed by atoms with Crippen molar-refractivity contribution in [2.24, 2.45) is 11.8 Å². The van der Waals surface area contributed by atoms with Crippen molar-refractivity contribution in [1.29, 1.82) is 0 Å². The lowest BCUT2D eigenvalue weighted by Crippen LogP contribution is -2.19. The first-order valence-corrected chi connectivity index (χ1v) is 5.78. The second-order valence-corrected chi connectivity index (χ2v) is 4.82. The molecule has 1 unspecified atom stereocenters. The first kappa shape index (κ1) is 12.2. The van der Waals surface area contributed by atoms with Crippen molar-refractivity contribution < 1.29 is 0 Å². The van der Waals surface area contributed by atoms with E-state index < -0.39 is 0 Å². The number of H-pyrrole nitrogens is 1. The fraction of sp³-hybridized carbons (Fsp3) is 0.600. The Bertz CT molecular complexity index is 375. The number of nitrogens with one attached hydrogen (secondary N) is 2. The minimum absolute atomic E-state index is 0.211. The molecule has 0 amide bonds. The summed E-state index contributed by atoms with van der Waals surface area (Å²) in [5.74, 6) is 1.17. The average Bonchev–Trinajstić information content (AvgIpc) is 2.19. The van der Waals surface area contributed by atoms with Crippen LogP contribution in [-0.2, 0) is 0 Å². The molecule has 0 aliphatic rings. The molecule has 0 bridgehead atoms. The standard InChI is InChI=1S/C10H16BrN3O/c1-6(2)7(3)4-12-8-5-13-14-10(15)9(8)11/h5-7H,4H2,1-3H3,(H2,12,14,15).